The lowest BCUT2D eigenvalue weighted by atomic mass is 10.2. The van der Waals surface area contributed by atoms with Gasteiger partial charge in [0.25, 0.3) is 0 Å². The molecule has 2 aromatic carbocycles. The van der Waals surface area contributed by atoms with Gasteiger partial charge in [0.05, 0.1) is 20.0 Å². The fraction of sp³-hybridized carbons (Fsp3) is 0.400. The Kier molecular flexibility index (Phi) is 9.21. The fourth-order valence-electron chi connectivity index (χ4n) is 3.28. The molecule has 1 amide bonds. The van der Waals surface area contributed by atoms with Gasteiger partial charge < -0.3 is 24.1 Å². The van der Waals surface area contributed by atoms with Crippen molar-refractivity contribution < 1.29 is 19.0 Å². The van der Waals surface area contributed by atoms with Crippen molar-refractivity contribution >= 4 is 17.7 Å². The molecule has 1 N–H and O–H groups in total. The highest BCUT2D eigenvalue weighted by Crippen LogP contribution is 2.26. The van der Waals surface area contributed by atoms with E-state index in [1.807, 2.05) is 60.0 Å². The molecule has 1 heterocycles. The molecular weight excluding hydrogens is 452 g/mol. The number of hydrogen-bond acceptors (Lipinski definition) is 7. The minimum absolute atomic E-state index is 0.0657. The third-order valence-corrected chi connectivity index (χ3v) is 5.98. The molecule has 0 aliphatic rings. The summed E-state index contributed by atoms with van der Waals surface area (Å²) in [6, 6.07) is 15.1. The molecule has 8 nitrogen and oxygen atoms in total. The van der Waals surface area contributed by atoms with Crippen LogP contribution in [0.2, 0.25) is 0 Å². The first kappa shape index (κ1) is 25.4. The molecule has 1 aromatic heterocycles. The van der Waals surface area contributed by atoms with Gasteiger partial charge in [-0.25, -0.2) is 0 Å². The first-order chi connectivity index (χ1) is 16.4. The second-order valence-electron chi connectivity index (χ2n) is 8.19. The maximum atomic E-state index is 12.4. The average Bonchev–Trinajstić information content (AvgIpc) is 3.24. The number of aromatic nitrogens is 3. The smallest absolute Gasteiger partial charge is 0.230 e. The second kappa shape index (κ2) is 12.3. The third kappa shape index (κ3) is 7.15. The predicted octanol–water partition coefficient (Wildman–Crippen LogP) is 4.50. The van der Waals surface area contributed by atoms with E-state index in [0.29, 0.717) is 17.6 Å². The number of carbonyl (C=O) groups is 1. The van der Waals surface area contributed by atoms with Crippen LogP contribution in [0.5, 0.6) is 17.2 Å². The van der Waals surface area contributed by atoms with Crippen LogP contribution in [0.3, 0.4) is 0 Å². The summed E-state index contributed by atoms with van der Waals surface area (Å²) in [4.78, 5) is 12.4. The highest BCUT2D eigenvalue weighted by molar-refractivity contribution is 7.99. The summed E-state index contributed by atoms with van der Waals surface area (Å²) in [6.07, 6.45) is -0.308. The second-order valence-corrected chi connectivity index (χ2v) is 9.14. The maximum Gasteiger partial charge on any atom is 0.230 e. The zero-order valence-electron chi connectivity index (χ0n) is 20.3. The summed E-state index contributed by atoms with van der Waals surface area (Å²) < 4.78 is 18.5. The zero-order valence-corrected chi connectivity index (χ0v) is 21.1. The van der Waals surface area contributed by atoms with Gasteiger partial charge in [-0.05, 0) is 54.8 Å². The van der Waals surface area contributed by atoms with Gasteiger partial charge in [0.1, 0.15) is 17.2 Å². The van der Waals surface area contributed by atoms with Crippen LogP contribution < -0.4 is 19.5 Å². The molecule has 0 radical (unpaired) electrons. The van der Waals surface area contributed by atoms with Gasteiger partial charge in [0.2, 0.25) is 5.91 Å². The zero-order chi connectivity index (χ0) is 24.5. The lowest BCUT2D eigenvalue weighted by Crippen LogP contribution is -2.24. The van der Waals surface area contributed by atoms with Crippen LogP contribution in [-0.2, 0) is 17.9 Å². The molecule has 9 heteroatoms. The molecule has 0 spiro atoms. The Hall–Kier alpha value is -3.20. The normalized spacial score (nSPS) is 11.8. The van der Waals surface area contributed by atoms with Crippen molar-refractivity contribution in [3.63, 3.8) is 0 Å². The molecular formula is C25H32N4O4S. The number of ether oxygens (including phenoxy) is 3. The van der Waals surface area contributed by atoms with E-state index in [1.165, 1.54) is 11.8 Å². The highest BCUT2D eigenvalue weighted by atomic mass is 32.2. The Morgan fingerprint density at radius 3 is 2.12 bits per heavy atom. The molecule has 0 aliphatic heterocycles. The lowest BCUT2D eigenvalue weighted by molar-refractivity contribution is -0.118. The van der Waals surface area contributed by atoms with Crippen LogP contribution in [0.1, 0.15) is 38.3 Å². The van der Waals surface area contributed by atoms with Crippen LogP contribution in [0.25, 0.3) is 0 Å². The van der Waals surface area contributed by atoms with Crippen LogP contribution >= 0.6 is 11.8 Å². The van der Waals surface area contributed by atoms with Gasteiger partial charge in [-0.15, -0.1) is 10.2 Å². The summed E-state index contributed by atoms with van der Waals surface area (Å²) in [5.41, 5.74) is 1.01. The van der Waals surface area contributed by atoms with Crippen molar-refractivity contribution in [1.29, 1.82) is 0 Å². The molecule has 34 heavy (non-hydrogen) atoms. The maximum absolute atomic E-state index is 12.4. The third-order valence-electron chi connectivity index (χ3n) is 5.01. The highest BCUT2D eigenvalue weighted by Gasteiger charge is 2.21. The number of carbonyl (C=O) groups excluding carboxylic acids is 1. The van der Waals surface area contributed by atoms with Gasteiger partial charge in [-0.3, -0.25) is 4.79 Å². The van der Waals surface area contributed by atoms with Crippen LogP contribution in [0, 0.1) is 5.92 Å². The largest absolute Gasteiger partial charge is 0.497 e. The lowest BCUT2D eigenvalue weighted by Gasteiger charge is -2.18. The molecule has 182 valence electrons. The number of methoxy groups -OCH3 is 2. The Morgan fingerprint density at radius 2 is 1.53 bits per heavy atom. The van der Waals surface area contributed by atoms with Gasteiger partial charge in [0, 0.05) is 13.1 Å². The first-order valence-electron chi connectivity index (χ1n) is 11.2. The molecule has 1 unspecified atom stereocenters. The number of amides is 1. The van der Waals surface area contributed by atoms with E-state index in [9.17, 15) is 4.79 Å². The number of nitrogens with zero attached hydrogens (tertiary/aromatic N) is 3. The van der Waals surface area contributed by atoms with Gasteiger partial charge in [0.15, 0.2) is 17.1 Å². The van der Waals surface area contributed by atoms with E-state index in [0.717, 1.165) is 35.2 Å². The molecule has 0 saturated carbocycles. The fourth-order valence-corrected chi connectivity index (χ4v) is 4.07. The summed E-state index contributed by atoms with van der Waals surface area (Å²) in [5, 5.41) is 12.4. The number of hydrogen-bond donors (Lipinski definition) is 1. The summed E-state index contributed by atoms with van der Waals surface area (Å²) in [6.45, 7) is 7.40. The minimum atomic E-state index is -0.308. The Morgan fingerprint density at radius 1 is 0.941 bits per heavy atom. The summed E-state index contributed by atoms with van der Waals surface area (Å²) in [5.74, 6) is 3.57. The van der Waals surface area contributed by atoms with Gasteiger partial charge in [-0.1, -0.05) is 37.7 Å². The standard InChI is InChI=1S/C25H32N4O4S/c1-17(2)15-29-24(18(3)33-22-12-10-21(32-5)11-13-22)27-28-25(29)34-16-23(30)26-14-19-6-8-20(31-4)9-7-19/h6-13,17-18H,14-16H2,1-5H3,(H,26,30). The number of thioether (sulfide) groups is 1. The molecule has 3 aromatic rings. The summed E-state index contributed by atoms with van der Waals surface area (Å²) in [7, 11) is 3.26. The van der Waals surface area contributed by atoms with E-state index >= 15 is 0 Å². The van der Waals surface area contributed by atoms with Crippen molar-refractivity contribution in [2.24, 2.45) is 5.92 Å². The predicted molar refractivity (Wildman–Crippen MR) is 132 cm³/mol. The van der Waals surface area contributed by atoms with E-state index in [2.05, 4.69) is 29.4 Å². The van der Waals surface area contributed by atoms with E-state index in [1.54, 1.807) is 14.2 Å². The van der Waals surface area contributed by atoms with Gasteiger partial charge >= 0.3 is 0 Å². The Balaban J connectivity index is 1.61. The SMILES string of the molecule is COc1ccc(CNC(=O)CSc2nnc(C(C)Oc3ccc(OC)cc3)n2CC(C)C)cc1. The van der Waals surface area contributed by atoms with Gasteiger partial charge in [-0.2, -0.15) is 0 Å². The van der Waals surface area contributed by atoms with Crippen molar-refractivity contribution in [1.82, 2.24) is 20.1 Å². The number of rotatable bonds is 12. The van der Waals surface area contributed by atoms with E-state index < -0.39 is 0 Å². The summed E-state index contributed by atoms with van der Waals surface area (Å²) >= 11 is 1.37. The topological polar surface area (TPSA) is 87.5 Å². The monoisotopic (exact) mass is 484 g/mol. The van der Waals surface area contributed by atoms with E-state index in [4.69, 9.17) is 14.2 Å². The van der Waals surface area contributed by atoms with Crippen molar-refractivity contribution in [3.8, 4) is 17.2 Å². The van der Waals surface area contributed by atoms with Crippen LogP contribution in [0.15, 0.2) is 53.7 Å². The molecule has 0 saturated heterocycles. The van der Waals surface area contributed by atoms with Crippen molar-refractivity contribution in [2.75, 3.05) is 20.0 Å². The average molecular weight is 485 g/mol. The minimum Gasteiger partial charge on any atom is -0.497 e. The molecule has 0 fully saturated rings. The quantitative estimate of drug-likeness (QED) is 0.379. The molecule has 0 aliphatic carbocycles. The van der Waals surface area contributed by atoms with Crippen molar-refractivity contribution in [3.05, 3.63) is 59.9 Å². The Labute approximate surface area is 205 Å². The Bertz CT molecular complexity index is 1050. The van der Waals surface area contributed by atoms with E-state index in [-0.39, 0.29) is 17.8 Å². The molecule has 1 atom stereocenters. The number of benzene rings is 2. The van der Waals surface area contributed by atoms with Crippen LogP contribution in [-0.4, -0.2) is 40.6 Å². The molecule has 3 rings (SSSR count). The first-order valence-corrected chi connectivity index (χ1v) is 12.1. The van der Waals surface area contributed by atoms with Crippen molar-refractivity contribution in [2.45, 2.75) is 45.1 Å². The number of nitrogens with one attached hydrogen (secondary N) is 1. The molecule has 0 bridgehead atoms. The van der Waals surface area contributed by atoms with Crippen LogP contribution in [0.4, 0.5) is 0 Å².